The van der Waals surface area contributed by atoms with Crippen LogP contribution >= 0.6 is 0 Å². The van der Waals surface area contributed by atoms with Crippen molar-refractivity contribution in [1.29, 1.82) is 0 Å². The van der Waals surface area contributed by atoms with Crippen LogP contribution in [0.25, 0.3) is 0 Å². The quantitative estimate of drug-likeness (QED) is 0.924. The maximum Gasteiger partial charge on any atom is 0.356 e. The zero-order valence-electron chi connectivity index (χ0n) is 11.0. The van der Waals surface area contributed by atoms with Gasteiger partial charge in [-0.15, -0.1) is 0 Å². The molecule has 0 radical (unpaired) electrons. The predicted octanol–water partition coefficient (Wildman–Crippen LogP) is 2.13. The number of anilines is 1. The van der Waals surface area contributed by atoms with E-state index in [2.05, 4.69) is 33.1 Å². The predicted molar refractivity (Wildman–Crippen MR) is 74.8 cm³/mol. The fraction of sp³-hybridized carbons (Fsp3) is 0.267. The number of aromatic carboxylic acids is 1. The van der Waals surface area contributed by atoms with Gasteiger partial charge >= 0.3 is 5.97 Å². The standard InChI is InChI=1S/C15H15N3O2/c19-15(20)13-9-16-12(8-17-13)10-18-7-3-5-11-4-1-2-6-14(11)18/h1-2,4,6,8-9H,3,5,7,10H2,(H,19,20). The molecule has 2 heterocycles. The van der Waals surface area contributed by atoms with Crippen LogP contribution in [0.15, 0.2) is 36.7 Å². The molecule has 1 N–H and O–H groups in total. The van der Waals surface area contributed by atoms with E-state index in [1.165, 1.54) is 17.4 Å². The Bertz CT molecular complexity index is 625. The first-order valence-electron chi connectivity index (χ1n) is 6.61. The lowest BCUT2D eigenvalue weighted by molar-refractivity contribution is 0.0690. The highest BCUT2D eigenvalue weighted by Gasteiger charge is 2.17. The number of rotatable bonds is 3. The van der Waals surface area contributed by atoms with E-state index in [-0.39, 0.29) is 5.69 Å². The van der Waals surface area contributed by atoms with Crippen LogP contribution in [-0.4, -0.2) is 27.6 Å². The number of carbonyl (C=O) groups is 1. The third kappa shape index (κ3) is 2.47. The van der Waals surface area contributed by atoms with Crippen molar-refractivity contribution in [2.75, 3.05) is 11.4 Å². The van der Waals surface area contributed by atoms with Gasteiger partial charge in [0.05, 0.1) is 24.6 Å². The Kier molecular flexibility index (Phi) is 3.33. The Balaban J connectivity index is 1.80. The molecule has 102 valence electrons. The number of hydrogen-bond acceptors (Lipinski definition) is 4. The average molecular weight is 269 g/mol. The van der Waals surface area contributed by atoms with Crippen LogP contribution in [0.5, 0.6) is 0 Å². The van der Waals surface area contributed by atoms with Crippen molar-refractivity contribution in [3.8, 4) is 0 Å². The molecule has 20 heavy (non-hydrogen) atoms. The first-order chi connectivity index (χ1) is 9.74. The second-order valence-electron chi connectivity index (χ2n) is 4.85. The third-order valence-electron chi connectivity index (χ3n) is 3.48. The molecule has 5 nitrogen and oxygen atoms in total. The monoisotopic (exact) mass is 269 g/mol. The number of carboxylic acid groups (broad SMARTS) is 1. The molecule has 0 amide bonds. The van der Waals surface area contributed by atoms with E-state index in [4.69, 9.17) is 5.11 Å². The van der Waals surface area contributed by atoms with Gasteiger partial charge in [0, 0.05) is 12.2 Å². The lowest BCUT2D eigenvalue weighted by Gasteiger charge is -2.30. The van der Waals surface area contributed by atoms with Gasteiger partial charge in [-0.25, -0.2) is 9.78 Å². The number of benzene rings is 1. The van der Waals surface area contributed by atoms with Crippen molar-refractivity contribution in [3.63, 3.8) is 0 Å². The van der Waals surface area contributed by atoms with E-state index in [0.29, 0.717) is 6.54 Å². The van der Waals surface area contributed by atoms with Crippen molar-refractivity contribution < 1.29 is 9.90 Å². The number of carboxylic acids is 1. The third-order valence-corrected chi connectivity index (χ3v) is 3.48. The summed E-state index contributed by atoms with van der Waals surface area (Å²) >= 11 is 0. The molecular formula is C15H15N3O2. The molecule has 0 saturated heterocycles. The molecule has 1 aromatic heterocycles. The minimum atomic E-state index is -1.05. The van der Waals surface area contributed by atoms with E-state index in [1.807, 2.05) is 6.07 Å². The van der Waals surface area contributed by atoms with Gasteiger partial charge in [-0.05, 0) is 24.5 Å². The topological polar surface area (TPSA) is 66.3 Å². The number of nitrogens with zero attached hydrogens (tertiary/aromatic N) is 3. The van der Waals surface area contributed by atoms with Gasteiger partial charge in [-0.2, -0.15) is 0 Å². The van der Waals surface area contributed by atoms with Crippen LogP contribution in [-0.2, 0) is 13.0 Å². The van der Waals surface area contributed by atoms with E-state index in [1.54, 1.807) is 6.20 Å². The lowest BCUT2D eigenvalue weighted by Crippen LogP contribution is -2.29. The Hall–Kier alpha value is -2.43. The molecule has 0 fully saturated rings. The molecule has 5 heteroatoms. The molecule has 0 atom stereocenters. The molecule has 0 aliphatic carbocycles. The molecule has 3 rings (SSSR count). The first kappa shape index (κ1) is 12.6. The van der Waals surface area contributed by atoms with Crippen molar-refractivity contribution in [2.45, 2.75) is 19.4 Å². The number of fused-ring (bicyclic) bond motifs is 1. The number of hydrogen-bond donors (Lipinski definition) is 1. The smallest absolute Gasteiger partial charge is 0.356 e. The van der Waals surface area contributed by atoms with Crippen molar-refractivity contribution in [2.24, 2.45) is 0 Å². The fourth-order valence-corrected chi connectivity index (χ4v) is 2.52. The first-order valence-corrected chi connectivity index (χ1v) is 6.61. The van der Waals surface area contributed by atoms with Crippen LogP contribution < -0.4 is 4.90 Å². The molecule has 1 aromatic carbocycles. The zero-order valence-corrected chi connectivity index (χ0v) is 11.0. The highest BCUT2D eigenvalue weighted by molar-refractivity contribution is 5.84. The Morgan fingerprint density at radius 3 is 2.85 bits per heavy atom. The number of para-hydroxylation sites is 1. The summed E-state index contributed by atoms with van der Waals surface area (Å²) in [4.78, 5) is 21.1. The highest BCUT2D eigenvalue weighted by Crippen LogP contribution is 2.27. The maximum atomic E-state index is 10.8. The van der Waals surface area contributed by atoms with E-state index in [9.17, 15) is 4.79 Å². The maximum absolute atomic E-state index is 10.8. The Morgan fingerprint density at radius 2 is 2.10 bits per heavy atom. The van der Waals surface area contributed by atoms with Gasteiger partial charge in [0.25, 0.3) is 0 Å². The van der Waals surface area contributed by atoms with Crippen molar-refractivity contribution in [3.05, 3.63) is 53.6 Å². The molecule has 1 aliphatic rings. The molecule has 0 spiro atoms. The SMILES string of the molecule is O=C(O)c1cnc(CN2CCCc3ccccc32)cn1. The number of aromatic nitrogens is 2. The summed E-state index contributed by atoms with van der Waals surface area (Å²) in [6.45, 7) is 1.64. The van der Waals surface area contributed by atoms with Crippen LogP contribution in [0.3, 0.4) is 0 Å². The summed E-state index contributed by atoms with van der Waals surface area (Å²) in [6, 6.07) is 8.37. The van der Waals surface area contributed by atoms with Crippen molar-refractivity contribution >= 4 is 11.7 Å². The second-order valence-corrected chi connectivity index (χ2v) is 4.85. The lowest BCUT2D eigenvalue weighted by atomic mass is 10.0. The minimum Gasteiger partial charge on any atom is -0.476 e. The normalized spacial score (nSPS) is 13.9. The zero-order chi connectivity index (χ0) is 13.9. The number of aryl methyl sites for hydroxylation is 1. The second kappa shape index (κ2) is 5.28. The van der Waals surface area contributed by atoms with Gasteiger partial charge in [0.1, 0.15) is 0 Å². The van der Waals surface area contributed by atoms with Gasteiger partial charge in [-0.3, -0.25) is 4.98 Å². The van der Waals surface area contributed by atoms with Crippen LogP contribution in [0.2, 0.25) is 0 Å². The summed E-state index contributed by atoms with van der Waals surface area (Å²) < 4.78 is 0. The Labute approximate surface area is 116 Å². The molecular weight excluding hydrogens is 254 g/mol. The van der Waals surface area contributed by atoms with E-state index >= 15 is 0 Å². The molecule has 0 unspecified atom stereocenters. The molecule has 1 aliphatic heterocycles. The molecule has 2 aromatic rings. The van der Waals surface area contributed by atoms with E-state index < -0.39 is 5.97 Å². The minimum absolute atomic E-state index is 0.0206. The van der Waals surface area contributed by atoms with E-state index in [0.717, 1.165) is 25.1 Å². The highest BCUT2D eigenvalue weighted by atomic mass is 16.4. The Morgan fingerprint density at radius 1 is 1.25 bits per heavy atom. The molecule has 0 bridgehead atoms. The summed E-state index contributed by atoms with van der Waals surface area (Å²) in [7, 11) is 0. The van der Waals surface area contributed by atoms with Gasteiger partial charge in [-0.1, -0.05) is 18.2 Å². The van der Waals surface area contributed by atoms with Crippen LogP contribution in [0, 0.1) is 0 Å². The fourth-order valence-electron chi connectivity index (χ4n) is 2.52. The molecule has 0 saturated carbocycles. The average Bonchev–Trinajstić information content (AvgIpc) is 2.48. The van der Waals surface area contributed by atoms with Crippen molar-refractivity contribution in [1.82, 2.24) is 9.97 Å². The summed E-state index contributed by atoms with van der Waals surface area (Å²) in [5.74, 6) is -1.05. The van der Waals surface area contributed by atoms with Crippen LogP contribution in [0.4, 0.5) is 5.69 Å². The summed E-state index contributed by atoms with van der Waals surface area (Å²) in [5.41, 5.74) is 3.36. The van der Waals surface area contributed by atoms with Gasteiger partial charge in [0.2, 0.25) is 0 Å². The summed E-state index contributed by atoms with van der Waals surface area (Å²) in [6.07, 6.45) is 5.09. The van der Waals surface area contributed by atoms with Gasteiger partial charge in [0.15, 0.2) is 5.69 Å². The largest absolute Gasteiger partial charge is 0.476 e. The summed E-state index contributed by atoms with van der Waals surface area (Å²) in [5, 5.41) is 8.81. The van der Waals surface area contributed by atoms with Crippen LogP contribution in [0.1, 0.15) is 28.2 Å². The van der Waals surface area contributed by atoms with Gasteiger partial charge < -0.3 is 10.0 Å².